The van der Waals surface area contributed by atoms with Gasteiger partial charge in [-0.3, -0.25) is 4.79 Å². The second-order valence-corrected chi connectivity index (χ2v) is 6.51. The van der Waals surface area contributed by atoms with E-state index < -0.39 is 0 Å². The molecule has 0 atom stereocenters. The summed E-state index contributed by atoms with van der Waals surface area (Å²) in [5.41, 5.74) is 0.997. The molecule has 2 aromatic rings. The van der Waals surface area contributed by atoms with Gasteiger partial charge in [0.15, 0.2) is 5.13 Å². The van der Waals surface area contributed by atoms with E-state index >= 15 is 0 Å². The van der Waals surface area contributed by atoms with E-state index in [4.69, 9.17) is 0 Å². The molecule has 3 rings (SSSR count). The zero-order valence-corrected chi connectivity index (χ0v) is 13.3. The third-order valence-corrected chi connectivity index (χ3v) is 4.99. The van der Waals surface area contributed by atoms with Crippen LogP contribution < -0.4 is 4.90 Å². The molecule has 0 saturated carbocycles. The number of aromatic nitrogens is 1. The van der Waals surface area contributed by atoms with Crippen molar-refractivity contribution in [3.8, 4) is 0 Å². The van der Waals surface area contributed by atoms with E-state index in [1.807, 2.05) is 35.0 Å². The highest BCUT2D eigenvalue weighted by Crippen LogP contribution is 2.27. The summed E-state index contributed by atoms with van der Waals surface area (Å²) in [5.74, 6) is 0.185. The number of anilines is 1. The second kappa shape index (κ2) is 5.99. The van der Waals surface area contributed by atoms with Crippen LogP contribution in [-0.2, 0) is 4.79 Å². The lowest BCUT2D eigenvalue weighted by molar-refractivity contribution is -0.131. The standard InChI is InChI=1S/C15H20N4OS/c1-17-7-9-19(10-8-17)14(20)11-18(2)15-16-12-5-3-4-6-13(12)21-15/h3-6H,7-11H2,1-2H3. The molecule has 1 aliphatic heterocycles. The Morgan fingerprint density at radius 2 is 2.00 bits per heavy atom. The van der Waals surface area contributed by atoms with E-state index in [1.165, 1.54) is 0 Å². The van der Waals surface area contributed by atoms with Crippen molar-refractivity contribution in [3.05, 3.63) is 24.3 Å². The Labute approximate surface area is 128 Å². The molecule has 0 radical (unpaired) electrons. The monoisotopic (exact) mass is 304 g/mol. The first-order chi connectivity index (χ1) is 10.1. The molecular weight excluding hydrogens is 284 g/mol. The minimum atomic E-state index is 0.185. The van der Waals surface area contributed by atoms with Crippen LogP contribution in [-0.4, -0.2) is 67.5 Å². The van der Waals surface area contributed by atoms with Crippen molar-refractivity contribution in [1.82, 2.24) is 14.8 Å². The van der Waals surface area contributed by atoms with Crippen molar-refractivity contribution in [2.45, 2.75) is 0 Å². The van der Waals surface area contributed by atoms with E-state index in [0.29, 0.717) is 6.54 Å². The van der Waals surface area contributed by atoms with Crippen molar-refractivity contribution in [2.24, 2.45) is 0 Å². The number of piperazine rings is 1. The number of thiazole rings is 1. The van der Waals surface area contributed by atoms with E-state index in [1.54, 1.807) is 11.3 Å². The van der Waals surface area contributed by atoms with Gasteiger partial charge < -0.3 is 14.7 Å². The average molecular weight is 304 g/mol. The maximum Gasteiger partial charge on any atom is 0.242 e. The van der Waals surface area contributed by atoms with Crippen molar-refractivity contribution < 1.29 is 4.79 Å². The molecule has 6 heteroatoms. The molecule has 1 saturated heterocycles. The molecule has 0 bridgehead atoms. The first-order valence-electron chi connectivity index (χ1n) is 7.16. The maximum absolute atomic E-state index is 12.3. The molecule has 1 fully saturated rings. The van der Waals surface area contributed by atoms with Crippen LogP contribution in [0.2, 0.25) is 0 Å². The molecule has 112 valence electrons. The number of rotatable bonds is 3. The lowest BCUT2D eigenvalue weighted by Crippen LogP contribution is -2.49. The van der Waals surface area contributed by atoms with Crippen molar-refractivity contribution in [3.63, 3.8) is 0 Å². The molecule has 1 aromatic heterocycles. The number of nitrogens with zero attached hydrogens (tertiary/aromatic N) is 4. The van der Waals surface area contributed by atoms with Crippen LogP contribution in [0, 0.1) is 0 Å². The van der Waals surface area contributed by atoms with Crippen LogP contribution >= 0.6 is 11.3 Å². The number of carbonyl (C=O) groups is 1. The predicted molar refractivity (Wildman–Crippen MR) is 87.0 cm³/mol. The Morgan fingerprint density at radius 3 is 2.71 bits per heavy atom. The molecule has 1 aromatic carbocycles. The van der Waals surface area contributed by atoms with Gasteiger partial charge in [-0.25, -0.2) is 4.98 Å². The molecule has 0 N–H and O–H groups in total. The first kappa shape index (κ1) is 14.3. The number of para-hydroxylation sites is 1. The van der Waals surface area contributed by atoms with E-state index in [-0.39, 0.29) is 5.91 Å². The summed E-state index contributed by atoms with van der Waals surface area (Å²) in [6, 6.07) is 8.07. The predicted octanol–water partition coefficient (Wildman–Crippen LogP) is 1.51. The van der Waals surface area contributed by atoms with E-state index in [0.717, 1.165) is 41.5 Å². The fourth-order valence-corrected chi connectivity index (χ4v) is 3.38. The molecule has 1 amide bonds. The summed E-state index contributed by atoms with van der Waals surface area (Å²) in [7, 11) is 4.03. The van der Waals surface area contributed by atoms with E-state index in [2.05, 4.69) is 23.0 Å². The van der Waals surface area contributed by atoms with Crippen LogP contribution in [0.3, 0.4) is 0 Å². The third kappa shape index (κ3) is 3.16. The van der Waals surface area contributed by atoms with Gasteiger partial charge in [-0.15, -0.1) is 0 Å². The van der Waals surface area contributed by atoms with Gasteiger partial charge in [-0.05, 0) is 19.2 Å². The van der Waals surface area contributed by atoms with Crippen LogP contribution in [0.25, 0.3) is 10.2 Å². The Bertz CT molecular complexity index is 600. The summed E-state index contributed by atoms with van der Waals surface area (Å²) < 4.78 is 1.16. The summed E-state index contributed by atoms with van der Waals surface area (Å²) in [5, 5.41) is 0.902. The lowest BCUT2D eigenvalue weighted by atomic mass is 10.3. The van der Waals surface area contributed by atoms with Gasteiger partial charge in [0.25, 0.3) is 0 Å². The van der Waals surface area contributed by atoms with Gasteiger partial charge in [0.2, 0.25) is 5.91 Å². The average Bonchev–Trinajstić information content (AvgIpc) is 2.92. The summed E-state index contributed by atoms with van der Waals surface area (Å²) >= 11 is 1.63. The normalized spacial score (nSPS) is 16.4. The Morgan fingerprint density at radius 1 is 1.29 bits per heavy atom. The van der Waals surface area contributed by atoms with Gasteiger partial charge in [0.1, 0.15) is 0 Å². The largest absolute Gasteiger partial charge is 0.342 e. The highest BCUT2D eigenvalue weighted by atomic mass is 32.1. The maximum atomic E-state index is 12.3. The smallest absolute Gasteiger partial charge is 0.242 e. The number of benzene rings is 1. The van der Waals surface area contributed by atoms with Gasteiger partial charge >= 0.3 is 0 Å². The minimum absolute atomic E-state index is 0.185. The van der Waals surface area contributed by atoms with Gasteiger partial charge in [0, 0.05) is 33.2 Å². The first-order valence-corrected chi connectivity index (χ1v) is 7.98. The molecule has 21 heavy (non-hydrogen) atoms. The molecular formula is C15H20N4OS. The SMILES string of the molecule is CN1CCN(C(=O)CN(C)c2nc3ccccc3s2)CC1. The van der Waals surface area contributed by atoms with E-state index in [9.17, 15) is 4.79 Å². The lowest BCUT2D eigenvalue weighted by Gasteiger charge is -2.33. The quantitative estimate of drug-likeness (QED) is 0.862. The molecule has 5 nitrogen and oxygen atoms in total. The summed E-state index contributed by atoms with van der Waals surface area (Å²) in [6.07, 6.45) is 0. The van der Waals surface area contributed by atoms with Crippen LogP contribution in [0.1, 0.15) is 0 Å². The van der Waals surface area contributed by atoms with Crippen LogP contribution in [0.15, 0.2) is 24.3 Å². The van der Waals surface area contributed by atoms with Crippen LogP contribution in [0.4, 0.5) is 5.13 Å². The molecule has 2 heterocycles. The van der Waals surface area contributed by atoms with Crippen molar-refractivity contribution >= 4 is 32.6 Å². The number of carbonyl (C=O) groups excluding carboxylic acids is 1. The van der Waals surface area contributed by atoms with Crippen molar-refractivity contribution in [1.29, 1.82) is 0 Å². The fourth-order valence-electron chi connectivity index (χ4n) is 2.45. The Balaban J connectivity index is 1.65. The van der Waals surface area contributed by atoms with Crippen LogP contribution in [0.5, 0.6) is 0 Å². The van der Waals surface area contributed by atoms with Gasteiger partial charge in [0.05, 0.1) is 16.8 Å². The summed E-state index contributed by atoms with van der Waals surface area (Å²) in [4.78, 5) is 23.1. The number of hydrogen-bond donors (Lipinski definition) is 0. The number of amides is 1. The summed E-state index contributed by atoms with van der Waals surface area (Å²) in [6.45, 7) is 3.95. The second-order valence-electron chi connectivity index (χ2n) is 5.50. The molecule has 0 unspecified atom stereocenters. The molecule has 1 aliphatic rings. The zero-order chi connectivity index (χ0) is 14.8. The zero-order valence-electron chi connectivity index (χ0n) is 12.5. The highest BCUT2D eigenvalue weighted by Gasteiger charge is 2.21. The minimum Gasteiger partial charge on any atom is -0.342 e. The number of hydrogen-bond acceptors (Lipinski definition) is 5. The third-order valence-electron chi connectivity index (χ3n) is 3.84. The topological polar surface area (TPSA) is 39.7 Å². The molecule has 0 spiro atoms. The van der Waals surface area contributed by atoms with Gasteiger partial charge in [-0.1, -0.05) is 23.5 Å². The van der Waals surface area contributed by atoms with Gasteiger partial charge in [-0.2, -0.15) is 0 Å². The molecule has 0 aliphatic carbocycles. The Kier molecular flexibility index (Phi) is 4.07. The number of fused-ring (bicyclic) bond motifs is 1. The fraction of sp³-hybridized carbons (Fsp3) is 0.467. The van der Waals surface area contributed by atoms with Crippen molar-refractivity contribution in [2.75, 3.05) is 51.7 Å². The number of likely N-dealkylation sites (N-methyl/N-ethyl adjacent to an activating group) is 2. The highest BCUT2D eigenvalue weighted by molar-refractivity contribution is 7.22. The Hall–Kier alpha value is -1.66.